The highest BCUT2D eigenvalue weighted by Gasteiger charge is 2.27. The van der Waals surface area contributed by atoms with Crippen LogP contribution in [0, 0.1) is 0 Å². The van der Waals surface area contributed by atoms with E-state index in [0.717, 1.165) is 18.6 Å². The largest absolute Gasteiger partial charge is 0.384 e. The Morgan fingerprint density at radius 3 is 2.76 bits per heavy atom. The number of thioether (sulfide) groups is 1. The van der Waals surface area contributed by atoms with Crippen LogP contribution in [0.5, 0.6) is 0 Å². The molecular formula is C16H24ClNO2S. The van der Waals surface area contributed by atoms with Gasteiger partial charge in [-0.1, -0.05) is 43.1 Å². The van der Waals surface area contributed by atoms with Crippen LogP contribution >= 0.6 is 23.4 Å². The molecule has 2 N–H and O–H groups in total. The first-order valence-corrected chi connectivity index (χ1v) is 8.68. The molecule has 0 aliphatic rings. The topological polar surface area (TPSA) is 49.3 Å². The van der Waals surface area contributed by atoms with Crippen molar-refractivity contribution >= 4 is 29.3 Å². The van der Waals surface area contributed by atoms with E-state index in [0.29, 0.717) is 10.6 Å². The van der Waals surface area contributed by atoms with Gasteiger partial charge in [-0.2, -0.15) is 0 Å². The molecule has 1 aromatic rings. The molecule has 0 heterocycles. The maximum atomic E-state index is 12.0. The van der Waals surface area contributed by atoms with Gasteiger partial charge in [-0.25, -0.2) is 0 Å². The zero-order valence-corrected chi connectivity index (χ0v) is 14.4. The first-order chi connectivity index (χ1) is 9.88. The van der Waals surface area contributed by atoms with E-state index in [4.69, 9.17) is 11.6 Å². The fourth-order valence-corrected chi connectivity index (χ4v) is 3.26. The highest BCUT2D eigenvalue weighted by molar-refractivity contribution is 8.00. The van der Waals surface area contributed by atoms with E-state index >= 15 is 0 Å². The molecule has 0 aromatic heterocycles. The summed E-state index contributed by atoms with van der Waals surface area (Å²) in [6.07, 6.45) is 2.24. The molecule has 0 aliphatic carbocycles. The maximum absolute atomic E-state index is 12.0. The summed E-state index contributed by atoms with van der Waals surface area (Å²) in [7, 11) is 0. The van der Waals surface area contributed by atoms with E-state index in [9.17, 15) is 9.90 Å². The van der Waals surface area contributed by atoms with Crippen LogP contribution in [0.2, 0.25) is 5.02 Å². The summed E-state index contributed by atoms with van der Waals surface area (Å²) in [5.74, 6) is 0.926. The van der Waals surface area contributed by atoms with Gasteiger partial charge in [0.25, 0.3) is 0 Å². The number of halogens is 1. The van der Waals surface area contributed by atoms with Gasteiger partial charge in [0, 0.05) is 10.6 Å². The number of aliphatic hydroxyl groups is 1. The Morgan fingerprint density at radius 1 is 1.48 bits per heavy atom. The van der Waals surface area contributed by atoms with Gasteiger partial charge in [0.2, 0.25) is 5.91 Å². The molecule has 2 atom stereocenters. The van der Waals surface area contributed by atoms with Crippen LogP contribution in [-0.4, -0.2) is 28.6 Å². The molecule has 0 radical (unpaired) electrons. The Hall–Kier alpha value is -0.710. The lowest BCUT2D eigenvalue weighted by Crippen LogP contribution is -2.41. The number of rotatable bonds is 8. The third kappa shape index (κ3) is 5.89. The lowest BCUT2D eigenvalue weighted by molar-refractivity contribution is -0.121. The quantitative estimate of drug-likeness (QED) is 0.717. The predicted octanol–water partition coefficient (Wildman–Crippen LogP) is 3.59. The molecule has 0 aliphatic heterocycles. The number of carbonyl (C=O) groups excluding carboxylic acids is 1. The average Bonchev–Trinajstić information content (AvgIpc) is 2.45. The molecule has 1 aromatic carbocycles. The molecule has 21 heavy (non-hydrogen) atoms. The van der Waals surface area contributed by atoms with Crippen molar-refractivity contribution in [3.63, 3.8) is 0 Å². The van der Waals surface area contributed by atoms with E-state index in [1.165, 1.54) is 0 Å². The minimum absolute atomic E-state index is 0.0524. The average molecular weight is 330 g/mol. The van der Waals surface area contributed by atoms with Crippen molar-refractivity contribution in [2.24, 2.45) is 0 Å². The van der Waals surface area contributed by atoms with Gasteiger partial charge >= 0.3 is 0 Å². The zero-order chi connectivity index (χ0) is 15.9. The minimum Gasteiger partial charge on any atom is -0.384 e. The highest BCUT2D eigenvalue weighted by Crippen LogP contribution is 2.27. The monoisotopic (exact) mass is 329 g/mol. The van der Waals surface area contributed by atoms with Gasteiger partial charge in [-0.15, -0.1) is 11.8 Å². The van der Waals surface area contributed by atoms with Crippen LogP contribution in [-0.2, 0) is 10.4 Å². The number of nitrogens with one attached hydrogen (secondary N) is 1. The predicted molar refractivity (Wildman–Crippen MR) is 90.9 cm³/mol. The Balaban J connectivity index is 2.53. The van der Waals surface area contributed by atoms with Crippen LogP contribution in [0.15, 0.2) is 24.3 Å². The summed E-state index contributed by atoms with van der Waals surface area (Å²) in [5.41, 5.74) is -0.555. The maximum Gasteiger partial charge on any atom is 0.232 e. The van der Waals surface area contributed by atoms with Crippen molar-refractivity contribution < 1.29 is 9.90 Å². The van der Waals surface area contributed by atoms with Crippen molar-refractivity contribution in [1.29, 1.82) is 0 Å². The lowest BCUT2D eigenvalue weighted by atomic mass is 9.96. The number of unbranched alkanes of at least 4 members (excludes halogenated alkanes) is 1. The number of amides is 1. The molecule has 0 fully saturated rings. The van der Waals surface area contributed by atoms with E-state index in [-0.39, 0.29) is 17.7 Å². The normalized spacial score (nSPS) is 15.3. The summed E-state index contributed by atoms with van der Waals surface area (Å²) in [6.45, 7) is 5.82. The fraction of sp³-hybridized carbons (Fsp3) is 0.562. The third-order valence-electron chi connectivity index (χ3n) is 3.30. The number of carbonyl (C=O) groups is 1. The molecule has 0 unspecified atom stereocenters. The number of benzene rings is 1. The van der Waals surface area contributed by atoms with Crippen molar-refractivity contribution in [3.05, 3.63) is 34.9 Å². The molecule has 0 spiro atoms. The van der Waals surface area contributed by atoms with Gasteiger partial charge in [-0.3, -0.25) is 4.79 Å². The van der Waals surface area contributed by atoms with Gasteiger partial charge in [-0.05, 0) is 32.1 Å². The van der Waals surface area contributed by atoms with Crippen molar-refractivity contribution in [2.45, 2.75) is 44.5 Å². The smallest absolute Gasteiger partial charge is 0.232 e. The summed E-state index contributed by atoms with van der Waals surface area (Å²) in [5, 5.41) is 13.7. The van der Waals surface area contributed by atoms with Crippen molar-refractivity contribution in [2.75, 3.05) is 12.3 Å². The Bertz CT molecular complexity index is 465. The summed E-state index contributed by atoms with van der Waals surface area (Å²) < 4.78 is 0. The molecule has 118 valence electrons. The SMILES string of the molecule is CCCCS[C@H](C)C(=O)NC[C@@](C)(O)c1ccccc1Cl. The van der Waals surface area contributed by atoms with Gasteiger partial charge in [0.15, 0.2) is 0 Å². The Kier molecular flexibility index (Phi) is 7.57. The van der Waals surface area contributed by atoms with Crippen molar-refractivity contribution in [3.8, 4) is 0 Å². The molecule has 0 bridgehead atoms. The van der Waals surface area contributed by atoms with Crippen LogP contribution in [0.3, 0.4) is 0 Å². The Morgan fingerprint density at radius 2 is 2.14 bits per heavy atom. The summed E-state index contributed by atoms with van der Waals surface area (Å²) in [4.78, 5) is 12.0. The van der Waals surface area contributed by atoms with Crippen LogP contribution in [0.25, 0.3) is 0 Å². The third-order valence-corrected chi connectivity index (χ3v) is 4.86. The molecule has 1 rings (SSSR count). The van der Waals surface area contributed by atoms with Crippen LogP contribution < -0.4 is 5.32 Å². The molecule has 0 saturated carbocycles. The van der Waals surface area contributed by atoms with Crippen molar-refractivity contribution in [1.82, 2.24) is 5.32 Å². The standard InChI is InChI=1S/C16H24ClNO2S/c1-4-5-10-21-12(2)15(19)18-11-16(3,20)13-8-6-7-9-14(13)17/h6-9,12,20H,4-5,10-11H2,1-3H3,(H,18,19)/t12-,16-/m1/s1. The van der Waals surface area contributed by atoms with Gasteiger partial charge in [0.1, 0.15) is 5.60 Å². The minimum atomic E-state index is -1.18. The van der Waals surface area contributed by atoms with E-state index in [1.54, 1.807) is 30.8 Å². The second-order valence-corrected chi connectivity index (χ2v) is 7.19. The van der Waals surface area contributed by atoms with Gasteiger partial charge in [0.05, 0.1) is 11.8 Å². The van der Waals surface area contributed by atoms with E-state index in [2.05, 4.69) is 12.2 Å². The molecule has 1 amide bonds. The van der Waals surface area contributed by atoms with Gasteiger partial charge < -0.3 is 10.4 Å². The molecule has 3 nitrogen and oxygen atoms in total. The lowest BCUT2D eigenvalue weighted by Gasteiger charge is -2.26. The highest BCUT2D eigenvalue weighted by atomic mass is 35.5. The first-order valence-electron chi connectivity index (χ1n) is 7.25. The second-order valence-electron chi connectivity index (χ2n) is 5.34. The molecular weight excluding hydrogens is 306 g/mol. The van der Waals surface area contributed by atoms with E-state index in [1.807, 2.05) is 19.1 Å². The van der Waals surface area contributed by atoms with Crippen LogP contribution in [0.1, 0.15) is 39.2 Å². The summed E-state index contributed by atoms with van der Waals surface area (Å²) in [6, 6.07) is 7.14. The summed E-state index contributed by atoms with van der Waals surface area (Å²) >= 11 is 7.73. The first kappa shape index (κ1) is 18.3. The second kappa shape index (κ2) is 8.66. The number of hydrogen-bond donors (Lipinski definition) is 2. The van der Waals surface area contributed by atoms with E-state index < -0.39 is 5.60 Å². The van der Waals surface area contributed by atoms with Crippen LogP contribution in [0.4, 0.5) is 0 Å². The molecule has 0 saturated heterocycles. The zero-order valence-electron chi connectivity index (χ0n) is 12.9. The fourth-order valence-electron chi connectivity index (χ4n) is 1.88. The molecule has 5 heteroatoms. The number of hydrogen-bond acceptors (Lipinski definition) is 3. The Labute approximate surface area is 136 Å².